The quantitative estimate of drug-likeness (QED) is 0.731. The van der Waals surface area contributed by atoms with Crippen molar-refractivity contribution in [2.24, 2.45) is 0 Å². The van der Waals surface area contributed by atoms with Gasteiger partial charge in [0.05, 0.1) is 11.9 Å². The van der Waals surface area contributed by atoms with Crippen LogP contribution < -0.4 is 9.84 Å². The molecule has 2 aromatic carbocycles. The van der Waals surface area contributed by atoms with Gasteiger partial charge in [-0.15, -0.1) is 4.73 Å². The van der Waals surface area contributed by atoms with Crippen molar-refractivity contribution in [3.8, 4) is 22.4 Å². The Morgan fingerprint density at radius 1 is 0.792 bits per heavy atom. The van der Waals surface area contributed by atoms with Gasteiger partial charge in [0.2, 0.25) is 0 Å². The summed E-state index contributed by atoms with van der Waals surface area (Å²) in [6.07, 6.45) is 0.902. The van der Waals surface area contributed by atoms with E-state index in [1.165, 1.54) is 6.07 Å². The molecule has 122 valence electrons. The number of pyridine rings is 1. The molecule has 0 unspecified atom stereocenters. The highest BCUT2D eigenvalue weighted by Gasteiger charge is 2.15. The van der Waals surface area contributed by atoms with Crippen molar-refractivity contribution in [3.05, 3.63) is 83.2 Å². The van der Waals surface area contributed by atoms with Gasteiger partial charge in [0.1, 0.15) is 0 Å². The van der Waals surface area contributed by atoms with Gasteiger partial charge in [-0.05, 0) is 17.2 Å². The van der Waals surface area contributed by atoms with E-state index >= 15 is 0 Å². The van der Waals surface area contributed by atoms with Gasteiger partial charge in [-0.3, -0.25) is 9.08 Å². The molecule has 3 aromatic rings. The first-order valence-electron chi connectivity index (χ1n) is 7.22. The van der Waals surface area contributed by atoms with Gasteiger partial charge in [-0.2, -0.15) is 8.42 Å². The van der Waals surface area contributed by atoms with E-state index in [0.29, 0.717) is 16.8 Å². The van der Waals surface area contributed by atoms with Crippen molar-refractivity contribution in [1.29, 1.82) is 0 Å². The minimum absolute atomic E-state index is 0.368. The molecule has 0 aliphatic heterocycles. The predicted molar refractivity (Wildman–Crippen MR) is 93.0 cm³/mol. The average Bonchev–Trinajstić information content (AvgIpc) is 2.57. The third kappa shape index (κ3) is 3.55. The van der Waals surface area contributed by atoms with Crippen LogP contribution in [0.1, 0.15) is 0 Å². The van der Waals surface area contributed by atoms with Gasteiger partial charge in [0.25, 0.3) is 5.56 Å². The fourth-order valence-electron chi connectivity index (χ4n) is 2.38. The van der Waals surface area contributed by atoms with E-state index < -0.39 is 15.7 Å². The third-order valence-electron chi connectivity index (χ3n) is 3.38. The molecule has 0 saturated heterocycles. The molecular formula is C18H15NO4S. The van der Waals surface area contributed by atoms with E-state index in [9.17, 15) is 13.2 Å². The molecular weight excluding hydrogens is 326 g/mol. The van der Waals surface area contributed by atoms with Gasteiger partial charge in [0.15, 0.2) is 0 Å². The Morgan fingerprint density at radius 3 is 1.88 bits per heavy atom. The van der Waals surface area contributed by atoms with Crippen LogP contribution in [0.5, 0.6) is 0 Å². The van der Waals surface area contributed by atoms with Gasteiger partial charge in [0, 0.05) is 11.6 Å². The first-order chi connectivity index (χ1) is 11.4. The van der Waals surface area contributed by atoms with Crippen LogP contribution in [0.3, 0.4) is 0 Å². The number of hydrogen-bond acceptors (Lipinski definition) is 4. The summed E-state index contributed by atoms with van der Waals surface area (Å²) < 4.78 is 28.7. The molecule has 0 bridgehead atoms. The van der Waals surface area contributed by atoms with E-state index in [0.717, 1.165) is 16.5 Å². The van der Waals surface area contributed by atoms with Crippen molar-refractivity contribution >= 4 is 10.1 Å². The topological polar surface area (TPSA) is 65.4 Å². The van der Waals surface area contributed by atoms with Gasteiger partial charge in [-0.25, -0.2) is 0 Å². The zero-order valence-electron chi connectivity index (χ0n) is 12.9. The Bertz CT molecular complexity index is 1010. The molecule has 0 amide bonds. The number of nitrogens with zero attached hydrogens (tertiary/aromatic N) is 1. The fourth-order valence-corrected chi connectivity index (χ4v) is 2.80. The monoisotopic (exact) mass is 341 g/mol. The second-order valence-electron chi connectivity index (χ2n) is 5.27. The summed E-state index contributed by atoms with van der Waals surface area (Å²) in [7, 11) is -3.84. The zero-order valence-corrected chi connectivity index (χ0v) is 13.7. The van der Waals surface area contributed by atoms with Gasteiger partial charge >= 0.3 is 10.1 Å². The lowest BCUT2D eigenvalue weighted by molar-refractivity contribution is 0.275. The Hall–Kier alpha value is -2.86. The molecule has 0 fully saturated rings. The van der Waals surface area contributed by atoms with E-state index in [-0.39, 0.29) is 0 Å². The lowest BCUT2D eigenvalue weighted by atomic mass is 10.0. The van der Waals surface area contributed by atoms with Crippen LogP contribution in [0.25, 0.3) is 22.4 Å². The molecule has 5 nitrogen and oxygen atoms in total. The minimum Gasteiger partial charge on any atom is -0.284 e. The summed E-state index contributed by atoms with van der Waals surface area (Å²) in [5.74, 6) is 0. The zero-order chi connectivity index (χ0) is 17.2. The van der Waals surface area contributed by atoms with Crippen molar-refractivity contribution in [1.82, 2.24) is 4.73 Å². The SMILES string of the molecule is CS(=O)(=O)On1c(-c2ccccc2)cc(-c2ccccc2)cc1=O. The average molecular weight is 341 g/mol. The smallest absolute Gasteiger partial charge is 0.284 e. The maximum Gasteiger partial charge on any atom is 0.324 e. The van der Waals surface area contributed by atoms with Crippen LogP contribution in [-0.4, -0.2) is 19.4 Å². The number of benzene rings is 2. The second-order valence-corrected chi connectivity index (χ2v) is 6.83. The largest absolute Gasteiger partial charge is 0.324 e. The van der Waals surface area contributed by atoms with Crippen LogP contribution >= 0.6 is 0 Å². The molecule has 6 heteroatoms. The molecule has 3 rings (SSSR count). The van der Waals surface area contributed by atoms with Crippen molar-refractivity contribution < 1.29 is 12.7 Å². The summed E-state index contributed by atoms with van der Waals surface area (Å²) in [6, 6.07) is 21.5. The number of aromatic nitrogens is 1. The van der Waals surface area contributed by atoms with E-state index in [1.54, 1.807) is 30.3 Å². The maximum absolute atomic E-state index is 12.5. The Kier molecular flexibility index (Phi) is 4.22. The summed E-state index contributed by atoms with van der Waals surface area (Å²) in [6.45, 7) is 0. The molecule has 0 aliphatic rings. The summed E-state index contributed by atoms with van der Waals surface area (Å²) in [5.41, 5.74) is 2.04. The Morgan fingerprint density at radius 2 is 1.33 bits per heavy atom. The van der Waals surface area contributed by atoms with E-state index in [4.69, 9.17) is 4.28 Å². The van der Waals surface area contributed by atoms with Crippen LogP contribution in [0.2, 0.25) is 0 Å². The van der Waals surface area contributed by atoms with Gasteiger partial charge < -0.3 is 0 Å². The highest BCUT2D eigenvalue weighted by molar-refractivity contribution is 7.86. The van der Waals surface area contributed by atoms with Crippen LogP contribution in [-0.2, 0) is 10.1 Å². The normalized spacial score (nSPS) is 11.2. The standard InChI is InChI=1S/C18H15NO4S/c1-24(21,22)23-19-17(15-10-6-3-7-11-15)12-16(13-18(19)20)14-8-4-2-5-9-14/h2-13H,1H3. The lowest BCUT2D eigenvalue weighted by Gasteiger charge is -2.13. The van der Waals surface area contributed by atoms with Crippen LogP contribution in [0.4, 0.5) is 0 Å². The van der Waals surface area contributed by atoms with E-state index in [2.05, 4.69) is 0 Å². The third-order valence-corrected chi connectivity index (χ3v) is 3.80. The van der Waals surface area contributed by atoms with Crippen LogP contribution in [0.15, 0.2) is 77.6 Å². The maximum atomic E-state index is 12.5. The molecule has 0 spiro atoms. The second kappa shape index (κ2) is 6.33. The molecule has 1 aromatic heterocycles. The van der Waals surface area contributed by atoms with Crippen molar-refractivity contribution in [3.63, 3.8) is 0 Å². The Labute approximate surface area is 139 Å². The van der Waals surface area contributed by atoms with Crippen LogP contribution in [0, 0.1) is 0 Å². The highest BCUT2D eigenvalue weighted by atomic mass is 32.2. The van der Waals surface area contributed by atoms with Crippen molar-refractivity contribution in [2.45, 2.75) is 0 Å². The van der Waals surface area contributed by atoms with Crippen molar-refractivity contribution in [2.75, 3.05) is 6.26 Å². The molecule has 0 saturated carbocycles. The minimum atomic E-state index is -3.84. The number of hydrogen-bond donors (Lipinski definition) is 0. The summed E-state index contributed by atoms with van der Waals surface area (Å²) in [4.78, 5) is 12.5. The number of rotatable bonds is 4. The summed E-state index contributed by atoms with van der Waals surface area (Å²) >= 11 is 0. The molecule has 0 N–H and O–H groups in total. The molecule has 1 heterocycles. The summed E-state index contributed by atoms with van der Waals surface area (Å²) in [5, 5.41) is 0. The predicted octanol–water partition coefficient (Wildman–Crippen LogP) is 2.57. The molecule has 0 radical (unpaired) electrons. The Balaban J connectivity index is 2.26. The van der Waals surface area contributed by atoms with Gasteiger partial charge in [-0.1, -0.05) is 60.7 Å². The highest BCUT2D eigenvalue weighted by Crippen LogP contribution is 2.24. The first kappa shape index (κ1) is 16.0. The lowest BCUT2D eigenvalue weighted by Crippen LogP contribution is -2.31. The van der Waals surface area contributed by atoms with E-state index in [1.807, 2.05) is 36.4 Å². The molecule has 0 aliphatic carbocycles. The molecule has 0 atom stereocenters. The fraction of sp³-hybridized carbons (Fsp3) is 0.0556. The first-order valence-corrected chi connectivity index (χ1v) is 9.03. The molecule has 24 heavy (non-hydrogen) atoms.